The fraction of sp³-hybridized carbons (Fsp3) is 0.636. The molecule has 0 aromatic rings. The van der Waals surface area contributed by atoms with Crippen LogP contribution in [-0.2, 0) is 4.79 Å². The fourth-order valence-electron chi connectivity index (χ4n) is 1.55. The number of carbonyl (C=O) groups is 1. The van der Waals surface area contributed by atoms with Gasteiger partial charge in [-0.25, -0.2) is 0 Å². The Morgan fingerprint density at radius 3 is 2.77 bits per heavy atom. The lowest BCUT2D eigenvalue weighted by Gasteiger charge is -2.04. The van der Waals surface area contributed by atoms with Crippen LogP contribution in [0, 0.1) is 11.3 Å². The lowest BCUT2D eigenvalue weighted by molar-refractivity contribution is -0.118. The zero-order valence-electron chi connectivity index (χ0n) is 7.88. The Balaban J connectivity index is 2.56. The van der Waals surface area contributed by atoms with E-state index in [1.54, 1.807) is 0 Å². The van der Waals surface area contributed by atoms with E-state index in [-0.39, 0.29) is 5.78 Å². The summed E-state index contributed by atoms with van der Waals surface area (Å²) in [6, 6.07) is 2.09. The van der Waals surface area contributed by atoms with Crippen LogP contribution in [0.5, 0.6) is 0 Å². The summed E-state index contributed by atoms with van der Waals surface area (Å²) in [6.45, 7) is 0. The summed E-state index contributed by atoms with van der Waals surface area (Å²) in [5.74, 6) is 0.217. The maximum absolute atomic E-state index is 11.3. The number of hydrogen-bond acceptors (Lipinski definition) is 2. The van der Waals surface area contributed by atoms with Crippen molar-refractivity contribution in [3.8, 4) is 6.07 Å². The average Bonchev–Trinajstić information content (AvgIpc) is 2.15. The molecule has 0 amide bonds. The molecule has 1 aliphatic carbocycles. The van der Waals surface area contributed by atoms with Gasteiger partial charge in [-0.2, -0.15) is 5.26 Å². The minimum atomic E-state index is 0.217. The molecule has 0 bridgehead atoms. The Morgan fingerprint density at radius 2 is 2.00 bits per heavy atom. The first-order valence-corrected chi connectivity index (χ1v) is 4.94. The largest absolute Gasteiger partial charge is 0.299 e. The molecule has 0 aliphatic heterocycles. The van der Waals surface area contributed by atoms with Crippen LogP contribution in [0.4, 0.5) is 0 Å². The topological polar surface area (TPSA) is 40.9 Å². The smallest absolute Gasteiger partial charge is 0.137 e. The number of nitriles is 1. The summed E-state index contributed by atoms with van der Waals surface area (Å²) >= 11 is 0. The molecule has 1 aliphatic rings. The SMILES string of the molecule is N#C/C1=C\CCCCCCC(=O)C1. The average molecular weight is 177 g/mol. The molecule has 0 radical (unpaired) electrons. The van der Waals surface area contributed by atoms with Crippen LogP contribution in [0.25, 0.3) is 0 Å². The van der Waals surface area contributed by atoms with E-state index in [1.807, 2.05) is 6.08 Å². The van der Waals surface area contributed by atoms with Crippen molar-refractivity contribution in [2.75, 3.05) is 0 Å². The molecule has 0 unspecified atom stereocenters. The van der Waals surface area contributed by atoms with Crippen LogP contribution in [0.15, 0.2) is 11.6 Å². The van der Waals surface area contributed by atoms with Gasteiger partial charge in [-0.1, -0.05) is 18.9 Å². The summed E-state index contributed by atoms with van der Waals surface area (Å²) in [4.78, 5) is 11.3. The monoisotopic (exact) mass is 177 g/mol. The molecule has 1 rings (SSSR count). The first-order valence-electron chi connectivity index (χ1n) is 4.94. The van der Waals surface area contributed by atoms with Crippen LogP contribution < -0.4 is 0 Å². The Bertz CT molecular complexity index is 247. The predicted molar refractivity (Wildman–Crippen MR) is 51.0 cm³/mol. The van der Waals surface area contributed by atoms with Crippen LogP contribution in [0.2, 0.25) is 0 Å². The molecule has 2 nitrogen and oxygen atoms in total. The van der Waals surface area contributed by atoms with E-state index in [9.17, 15) is 4.79 Å². The highest BCUT2D eigenvalue weighted by molar-refractivity contribution is 5.81. The Hall–Kier alpha value is -1.10. The van der Waals surface area contributed by atoms with E-state index in [4.69, 9.17) is 5.26 Å². The first-order chi connectivity index (χ1) is 6.33. The highest BCUT2D eigenvalue weighted by Crippen LogP contribution is 2.13. The zero-order valence-corrected chi connectivity index (χ0v) is 7.88. The predicted octanol–water partition coefficient (Wildman–Crippen LogP) is 2.75. The van der Waals surface area contributed by atoms with E-state index in [2.05, 4.69) is 6.07 Å². The van der Waals surface area contributed by atoms with Crippen LogP contribution in [0.1, 0.15) is 44.9 Å². The third-order valence-corrected chi connectivity index (χ3v) is 2.33. The molecule has 0 aromatic heterocycles. The third kappa shape index (κ3) is 3.89. The van der Waals surface area contributed by atoms with E-state index in [0.717, 1.165) is 25.7 Å². The van der Waals surface area contributed by atoms with Crippen LogP contribution in [-0.4, -0.2) is 5.78 Å². The first kappa shape index (κ1) is 9.98. The van der Waals surface area contributed by atoms with Gasteiger partial charge in [0.2, 0.25) is 0 Å². The molecule has 0 heterocycles. The highest BCUT2D eigenvalue weighted by atomic mass is 16.1. The van der Waals surface area contributed by atoms with Gasteiger partial charge in [0.1, 0.15) is 5.78 Å². The molecule has 0 atom stereocenters. The molecule has 13 heavy (non-hydrogen) atoms. The third-order valence-electron chi connectivity index (χ3n) is 2.33. The van der Waals surface area contributed by atoms with Gasteiger partial charge in [0.05, 0.1) is 6.07 Å². The van der Waals surface area contributed by atoms with Gasteiger partial charge >= 0.3 is 0 Å². The standard InChI is InChI=1S/C11H15NO/c12-9-10-6-4-2-1-3-5-7-11(13)8-10/h6H,1-5,7-8H2/b10-6-. The number of allylic oxidation sites excluding steroid dienone is 2. The van der Waals surface area contributed by atoms with Crippen molar-refractivity contribution < 1.29 is 4.79 Å². The van der Waals surface area contributed by atoms with Gasteiger partial charge in [0.25, 0.3) is 0 Å². The number of ketones is 1. The molecule has 2 heteroatoms. The van der Waals surface area contributed by atoms with E-state index < -0.39 is 0 Å². The molecular formula is C11H15NO. The van der Waals surface area contributed by atoms with Crippen molar-refractivity contribution in [3.05, 3.63) is 11.6 Å². The van der Waals surface area contributed by atoms with Crippen molar-refractivity contribution >= 4 is 5.78 Å². The molecule has 70 valence electrons. The number of rotatable bonds is 0. The van der Waals surface area contributed by atoms with Crippen molar-refractivity contribution in [1.29, 1.82) is 5.26 Å². The minimum Gasteiger partial charge on any atom is -0.299 e. The van der Waals surface area contributed by atoms with Gasteiger partial charge in [0, 0.05) is 18.4 Å². The lowest BCUT2D eigenvalue weighted by Crippen LogP contribution is -2.00. The quantitative estimate of drug-likeness (QED) is 0.570. The second kappa shape index (κ2) is 5.53. The lowest BCUT2D eigenvalue weighted by atomic mass is 10.0. The molecule has 0 N–H and O–H groups in total. The number of hydrogen-bond donors (Lipinski definition) is 0. The summed E-state index contributed by atoms with van der Waals surface area (Å²) in [5, 5.41) is 8.72. The zero-order chi connectivity index (χ0) is 9.52. The summed E-state index contributed by atoms with van der Waals surface area (Å²) in [5.41, 5.74) is 0.659. The summed E-state index contributed by atoms with van der Waals surface area (Å²) in [7, 11) is 0. The Kier molecular flexibility index (Phi) is 4.25. The number of carbonyl (C=O) groups excluding carboxylic acids is 1. The molecule has 0 saturated carbocycles. The Labute approximate surface area is 79.2 Å². The van der Waals surface area contributed by atoms with Crippen molar-refractivity contribution in [3.63, 3.8) is 0 Å². The van der Waals surface area contributed by atoms with Gasteiger partial charge in [-0.05, 0) is 19.3 Å². The van der Waals surface area contributed by atoms with Gasteiger partial charge in [-0.3, -0.25) is 4.79 Å². The van der Waals surface area contributed by atoms with E-state index in [0.29, 0.717) is 18.4 Å². The molecular weight excluding hydrogens is 162 g/mol. The second-order valence-electron chi connectivity index (χ2n) is 3.51. The normalized spacial score (nSPS) is 24.2. The molecule has 0 spiro atoms. The number of nitrogens with zero attached hydrogens (tertiary/aromatic N) is 1. The molecule has 0 saturated heterocycles. The fourth-order valence-corrected chi connectivity index (χ4v) is 1.55. The maximum Gasteiger partial charge on any atom is 0.137 e. The van der Waals surface area contributed by atoms with Gasteiger partial charge in [0.15, 0.2) is 0 Å². The highest BCUT2D eigenvalue weighted by Gasteiger charge is 2.06. The van der Waals surface area contributed by atoms with Crippen LogP contribution >= 0.6 is 0 Å². The van der Waals surface area contributed by atoms with Gasteiger partial charge in [-0.15, -0.1) is 0 Å². The maximum atomic E-state index is 11.3. The summed E-state index contributed by atoms with van der Waals surface area (Å²) in [6.07, 6.45) is 8.37. The van der Waals surface area contributed by atoms with Crippen LogP contribution in [0.3, 0.4) is 0 Å². The molecule has 0 aromatic carbocycles. The van der Waals surface area contributed by atoms with E-state index in [1.165, 1.54) is 6.42 Å². The van der Waals surface area contributed by atoms with Crippen molar-refractivity contribution in [2.24, 2.45) is 0 Å². The van der Waals surface area contributed by atoms with E-state index >= 15 is 0 Å². The van der Waals surface area contributed by atoms with Gasteiger partial charge < -0.3 is 0 Å². The second-order valence-corrected chi connectivity index (χ2v) is 3.51. The number of Topliss-reactive ketones (excluding diaryl/α,β-unsaturated/α-hetero) is 1. The summed E-state index contributed by atoms with van der Waals surface area (Å²) < 4.78 is 0. The van der Waals surface area contributed by atoms with Crippen molar-refractivity contribution in [2.45, 2.75) is 44.9 Å². The minimum absolute atomic E-state index is 0.217. The Morgan fingerprint density at radius 1 is 1.23 bits per heavy atom. The van der Waals surface area contributed by atoms with Crippen molar-refractivity contribution in [1.82, 2.24) is 0 Å². The molecule has 0 fully saturated rings.